The Morgan fingerprint density at radius 3 is 3.00 bits per heavy atom. The number of benzene rings is 1. The number of cyclic esters (lactones) is 1. The fourth-order valence-corrected chi connectivity index (χ4v) is 1.70. The molecule has 0 aliphatic carbocycles. The fraction of sp³-hybridized carbons (Fsp3) is 0.417. The van der Waals surface area contributed by atoms with Gasteiger partial charge in [0.05, 0.1) is 6.54 Å². The van der Waals surface area contributed by atoms with E-state index in [0.717, 1.165) is 11.3 Å². The molecule has 2 unspecified atom stereocenters. The molecule has 0 aromatic heterocycles. The van der Waals surface area contributed by atoms with E-state index in [-0.39, 0.29) is 18.2 Å². The zero-order valence-corrected chi connectivity index (χ0v) is 9.68. The van der Waals surface area contributed by atoms with E-state index in [1.807, 2.05) is 31.2 Å². The maximum absolute atomic E-state index is 10.8. The first kappa shape index (κ1) is 11.7. The van der Waals surface area contributed by atoms with Crippen molar-refractivity contribution in [3.8, 4) is 5.75 Å². The van der Waals surface area contributed by atoms with Crippen LogP contribution in [-0.4, -0.2) is 25.3 Å². The van der Waals surface area contributed by atoms with Crippen LogP contribution in [0.4, 0.5) is 4.79 Å². The number of nitrogens with two attached hydrogens (primary N) is 1. The summed E-state index contributed by atoms with van der Waals surface area (Å²) in [6.45, 7) is 2.72. The van der Waals surface area contributed by atoms with Crippen LogP contribution >= 0.6 is 0 Å². The lowest BCUT2D eigenvalue weighted by molar-refractivity contribution is 0.104. The molecule has 1 fully saturated rings. The summed E-state index contributed by atoms with van der Waals surface area (Å²) in [6, 6.07) is 7.51. The van der Waals surface area contributed by atoms with E-state index in [0.29, 0.717) is 13.2 Å². The molecule has 2 rings (SSSR count). The number of hydrogen-bond acceptors (Lipinski definition) is 4. The Bertz CT molecular complexity index is 406. The highest BCUT2D eigenvalue weighted by atomic mass is 16.6. The van der Waals surface area contributed by atoms with Crippen molar-refractivity contribution in [2.24, 2.45) is 5.73 Å². The van der Waals surface area contributed by atoms with Crippen LogP contribution in [-0.2, 0) is 4.74 Å². The molecule has 92 valence electrons. The van der Waals surface area contributed by atoms with Crippen molar-refractivity contribution < 1.29 is 14.3 Å². The lowest BCUT2D eigenvalue weighted by Gasteiger charge is -2.15. The van der Waals surface area contributed by atoms with Crippen molar-refractivity contribution in [3.63, 3.8) is 0 Å². The van der Waals surface area contributed by atoms with Crippen molar-refractivity contribution in [3.05, 3.63) is 29.8 Å². The Hall–Kier alpha value is -1.75. The summed E-state index contributed by atoms with van der Waals surface area (Å²) in [4.78, 5) is 10.8. The average molecular weight is 236 g/mol. The van der Waals surface area contributed by atoms with Gasteiger partial charge in [-0.05, 0) is 13.0 Å². The minimum absolute atomic E-state index is 0.0875. The van der Waals surface area contributed by atoms with Crippen LogP contribution in [0, 0.1) is 0 Å². The molecule has 0 saturated carbocycles. The summed E-state index contributed by atoms with van der Waals surface area (Å²) in [6.07, 6.45) is -0.622. The molecule has 0 spiro atoms. The Morgan fingerprint density at radius 2 is 2.35 bits per heavy atom. The Morgan fingerprint density at radius 1 is 1.59 bits per heavy atom. The Labute approximate surface area is 99.9 Å². The fourth-order valence-electron chi connectivity index (χ4n) is 1.70. The number of ether oxygens (including phenoxy) is 2. The van der Waals surface area contributed by atoms with Gasteiger partial charge in [-0.15, -0.1) is 0 Å². The van der Waals surface area contributed by atoms with Gasteiger partial charge in [0.2, 0.25) is 0 Å². The molecule has 1 saturated heterocycles. The van der Waals surface area contributed by atoms with Crippen molar-refractivity contribution in [1.82, 2.24) is 5.32 Å². The molecule has 1 heterocycles. The van der Waals surface area contributed by atoms with Gasteiger partial charge < -0.3 is 20.5 Å². The summed E-state index contributed by atoms with van der Waals surface area (Å²) in [7, 11) is 0. The monoisotopic (exact) mass is 236 g/mol. The van der Waals surface area contributed by atoms with Crippen LogP contribution in [0.15, 0.2) is 24.3 Å². The van der Waals surface area contributed by atoms with Gasteiger partial charge in [0.1, 0.15) is 12.4 Å². The standard InChI is InChI=1S/C12H16N2O3/c1-8(13)10-4-2-3-5-11(10)16-7-9-6-14-12(15)17-9/h2-5,8-9H,6-7,13H2,1H3,(H,14,15). The first-order chi connectivity index (χ1) is 8.16. The first-order valence-corrected chi connectivity index (χ1v) is 5.58. The summed E-state index contributed by atoms with van der Waals surface area (Å²) in [5.41, 5.74) is 6.79. The van der Waals surface area contributed by atoms with Crippen LogP contribution < -0.4 is 15.8 Å². The van der Waals surface area contributed by atoms with E-state index in [1.54, 1.807) is 0 Å². The molecule has 1 aliphatic heterocycles. The van der Waals surface area contributed by atoms with E-state index >= 15 is 0 Å². The number of rotatable bonds is 4. The topological polar surface area (TPSA) is 73.6 Å². The third kappa shape index (κ3) is 2.88. The van der Waals surface area contributed by atoms with Crippen LogP contribution in [0.1, 0.15) is 18.5 Å². The maximum atomic E-state index is 10.8. The van der Waals surface area contributed by atoms with Crippen LogP contribution in [0.25, 0.3) is 0 Å². The van der Waals surface area contributed by atoms with Gasteiger partial charge in [0.15, 0.2) is 6.10 Å². The molecule has 1 amide bonds. The molecule has 5 nitrogen and oxygen atoms in total. The molecule has 0 bridgehead atoms. The maximum Gasteiger partial charge on any atom is 0.407 e. The highest BCUT2D eigenvalue weighted by molar-refractivity contribution is 5.69. The van der Waals surface area contributed by atoms with E-state index in [9.17, 15) is 4.79 Å². The van der Waals surface area contributed by atoms with Crippen LogP contribution in [0.5, 0.6) is 5.75 Å². The molecule has 3 N–H and O–H groups in total. The van der Waals surface area contributed by atoms with Gasteiger partial charge in [0, 0.05) is 11.6 Å². The third-order valence-electron chi connectivity index (χ3n) is 2.58. The Kier molecular flexibility index (Phi) is 3.49. The summed E-state index contributed by atoms with van der Waals surface area (Å²) in [5.74, 6) is 0.741. The van der Waals surface area contributed by atoms with Crippen LogP contribution in [0.2, 0.25) is 0 Å². The number of alkyl carbamates (subject to hydrolysis) is 1. The zero-order chi connectivity index (χ0) is 12.3. The number of amides is 1. The second-order valence-electron chi connectivity index (χ2n) is 4.05. The van der Waals surface area contributed by atoms with E-state index in [4.69, 9.17) is 15.2 Å². The lowest BCUT2D eigenvalue weighted by atomic mass is 10.1. The van der Waals surface area contributed by atoms with Gasteiger partial charge in [-0.25, -0.2) is 4.79 Å². The minimum atomic E-state index is -0.390. The summed E-state index contributed by atoms with van der Waals surface area (Å²) < 4.78 is 10.6. The Balaban J connectivity index is 1.96. The molecule has 0 radical (unpaired) electrons. The molecule has 5 heteroatoms. The molecule has 1 aliphatic rings. The quantitative estimate of drug-likeness (QED) is 0.823. The SMILES string of the molecule is CC(N)c1ccccc1OCC1CNC(=O)O1. The second kappa shape index (κ2) is 5.05. The first-order valence-electron chi connectivity index (χ1n) is 5.58. The second-order valence-corrected chi connectivity index (χ2v) is 4.05. The number of para-hydroxylation sites is 1. The largest absolute Gasteiger partial charge is 0.489 e. The van der Waals surface area contributed by atoms with E-state index in [1.165, 1.54) is 0 Å². The summed E-state index contributed by atoms with van der Waals surface area (Å²) >= 11 is 0. The molecular formula is C12H16N2O3. The highest BCUT2D eigenvalue weighted by Crippen LogP contribution is 2.23. The van der Waals surface area contributed by atoms with E-state index < -0.39 is 0 Å². The predicted molar refractivity (Wildman–Crippen MR) is 62.8 cm³/mol. The van der Waals surface area contributed by atoms with Gasteiger partial charge in [-0.2, -0.15) is 0 Å². The van der Waals surface area contributed by atoms with Crippen LogP contribution in [0.3, 0.4) is 0 Å². The number of carbonyl (C=O) groups excluding carboxylic acids is 1. The molecule has 1 aromatic carbocycles. The van der Waals surface area contributed by atoms with Crippen molar-refractivity contribution in [2.45, 2.75) is 19.1 Å². The highest BCUT2D eigenvalue weighted by Gasteiger charge is 2.23. The average Bonchev–Trinajstić information content (AvgIpc) is 2.73. The third-order valence-corrected chi connectivity index (χ3v) is 2.58. The molecule has 17 heavy (non-hydrogen) atoms. The molecule has 2 atom stereocenters. The number of hydrogen-bond donors (Lipinski definition) is 2. The van der Waals surface area contributed by atoms with E-state index in [2.05, 4.69) is 5.32 Å². The van der Waals surface area contributed by atoms with Gasteiger partial charge in [0.25, 0.3) is 0 Å². The summed E-state index contributed by atoms with van der Waals surface area (Å²) in [5, 5.41) is 2.58. The smallest absolute Gasteiger partial charge is 0.407 e. The van der Waals surface area contributed by atoms with Gasteiger partial charge >= 0.3 is 6.09 Å². The number of nitrogens with one attached hydrogen (secondary N) is 1. The molecular weight excluding hydrogens is 220 g/mol. The molecule has 1 aromatic rings. The zero-order valence-electron chi connectivity index (χ0n) is 9.68. The lowest BCUT2D eigenvalue weighted by Crippen LogP contribution is -2.22. The van der Waals surface area contributed by atoms with Crippen molar-refractivity contribution >= 4 is 6.09 Å². The van der Waals surface area contributed by atoms with Crippen molar-refractivity contribution in [1.29, 1.82) is 0 Å². The van der Waals surface area contributed by atoms with Gasteiger partial charge in [-0.3, -0.25) is 0 Å². The number of carbonyl (C=O) groups is 1. The van der Waals surface area contributed by atoms with Gasteiger partial charge in [-0.1, -0.05) is 18.2 Å². The van der Waals surface area contributed by atoms with Crippen molar-refractivity contribution in [2.75, 3.05) is 13.2 Å². The predicted octanol–water partition coefficient (Wildman–Crippen LogP) is 1.19. The minimum Gasteiger partial charge on any atom is -0.489 e. The normalized spacial score (nSPS) is 20.6.